The largest absolute Gasteiger partial charge is 0.480 e. The molecule has 0 aliphatic heterocycles. The molecule has 4 nitrogen and oxygen atoms in total. The van der Waals surface area contributed by atoms with E-state index in [1.54, 1.807) is 7.05 Å². The smallest absolute Gasteiger partial charge is 0.326 e. The lowest BCUT2D eigenvalue weighted by atomic mass is 10.0. The van der Waals surface area contributed by atoms with Gasteiger partial charge in [0, 0.05) is 19.9 Å². The molecule has 1 aliphatic carbocycles. The highest BCUT2D eigenvalue weighted by Crippen LogP contribution is 2.28. The standard InChI is InChI=1S/C18H25NO3/c1-19(17(20)12-11-14-7-5-6-8-14)16(18(21)22)13-15-9-3-2-4-10-15/h2-4,9-10,14,16H,5-8,11-13H2,1H3,(H,21,22). The first kappa shape index (κ1) is 16.5. The van der Waals surface area contributed by atoms with Crippen LogP contribution >= 0.6 is 0 Å². The summed E-state index contributed by atoms with van der Waals surface area (Å²) in [5.74, 6) is -0.356. The van der Waals surface area contributed by atoms with E-state index < -0.39 is 12.0 Å². The van der Waals surface area contributed by atoms with Gasteiger partial charge < -0.3 is 10.0 Å². The Hall–Kier alpha value is -1.84. The molecule has 1 N–H and O–H groups in total. The van der Waals surface area contributed by atoms with Crippen molar-refractivity contribution in [1.82, 2.24) is 4.90 Å². The minimum atomic E-state index is -0.944. The molecule has 0 spiro atoms. The zero-order chi connectivity index (χ0) is 15.9. The van der Waals surface area contributed by atoms with Crippen LogP contribution in [0.1, 0.15) is 44.1 Å². The van der Waals surface area contributed by atoms with Gasteiger partial charge in [-0.05, 0) is 17.9 Å². The van der Waals surface area contributed by atoms with Gasteiger partial charge in [0.1, 0.15) is 6.04 Å². The number of amides is 1. The molecule has 0 aromatic heterocycles. The van der Waals surface area contributed by atoms with E-state index in [0.717, 1.165) is 12.0 Å². The highest BCUT2D eigenvalue weighted by molar-refractivity contribution is 5.83. The van der Waals surface area contributed by atoms with Crippen molar-refractivity contribution in [2.24, 2.45) is 5.92 Å². The third kappa shape index (κ3) is 4.58. The molecule has 2 rings (SSSR count). The van der Waals surface area contributed by atoms with Gasteiger partial charge in [0.15, 0.2) is 0 Å². The predicted molar refractivity (Wildman–Crippen MR) is 85.5 cm³/mol. The van der Waals surface area contributed by atoms with E-state index in [4.69, 9.17) is 0 Å². The molecular formula is C18H25NO3. The number of likely N-dealkylation sites (N-methyl/N-ethyl adjacent to an activating group) is 1. The predicted octanol–water partition coefficient (Wildman–Crippen LogP) is 3.11. The fourth-order valence-electron chi connectivity index (χ4n) is 3.20. The van der Waals surface area contributed by atoms with Gasteiger partial charge >= 0.3 is 5.97 Å². The summed E-state index contributed by atoms with van der Waals surface area (Å²) in [4.78, 5) is 25.2. The van der Waals surface area contributed by atoms with Crippen LogP contribution in [0.15, 0.2) is 30.3 Å². The van der Waals surface area contributed by atoms with Gasteiger partial charge in [-0.3, -0.25) is 4.79 Å². The molecule has 1 amide bonds. The van der Waals surface area contributed by atoms with Crippen molar-refractivity contribution < 1.29 is 14.7 Å². The topological polar surface area (TPSA) is 57.6 Å². The monoisotopic (exact) mass is 303 g/mol. The van der Waals surface area contributed by atoms with Crippen LogP contribution in [-0.2, 0) is 16.0 Å². The van der Waals surface area contributed by atoms with Crippen molar-refractivity contribution in [2.45, 2.75) is 51.0 Å². The van der Waals surface area contributed by atoms with Gasteiger partial charge in [0.25, 0.3) is 0 Å². The number of rotatable bonds is 7. The average molecular weight is 303 g/mol. The van der Waals surface area contributed by atoms with Gasteiger partial charge in [-0.1, -0.05) is 56.0 Å². The van der Waals surface area contributed by atoms with Crippen LogP contribution in [-0.4, -0.2) is 35.0 Å². The Morgan fingerprint density at radius 1 is 1.23 bits per heavy atom. The summed E-state index contributed by atoms with van der Waals surface area (Å²) >= 11 is 0. The maximum absolute atomic E-state index is 12.3. The van der Waals surface area contributed by atoms with Gasteiger partial charge in [0.2, 0.25) is 5.91 Å². The molecule has 22 heavy (non-hydrogen) atoms. The molecule has 1 aromatic carbocycles. The Morgan fingerprint density at radius 2 is 1.86 bits per heavy atom. The summed E-state index contributed by atoms with van der Waals surface area (Å²) in [6.45, 7) is 0. The van der Waals surface area contributed by atoms with Crippen LogP contribution in [0.4, 0.5) is 0 Å². The Morgan fingerprint density at radius 3 is 2.45 bits per heavy atom. The highest BCUT2D eigenvalue weighted by Gasteiger charge is 2.27. The second-order valence-electron chi connectivity index (χ2n) is 6.24. The number of carbonyl (C=O) groups is 2. The quantitative estimate of drug-likeness (QED) is 0.842. The number of carbonyl (C=O) groups excluding carboxylic acids is 1. The number of hydrogen-bond donors (Lipinski definition) is 1. The van der Waals surface area contributed by atoms with Crippen LogP contribution < -0.4 is 0 Å². The van der Waals surface area contributed by atoms with Crippen LogP contribution in [0.5, 0.6) is 0 Å². The Labute approximate surface area is 132 Å². The van der Waals surface area contributed by atoms with E-state index in [9.17, 15) is 14.7 Å². The van der Waals surface area contributed by atoms with Crippen molar-refractivity contribution in [1.29, 1.82) is 0 Å². The van der Waals surface area contributed by atoms with Crippen LogP contribution in [0.2, 0.25) is 0 Å². The van der Waals surface area contributed by atoms with Gasteiger partial charge in [0.05, 0.1) is 0 Å². The number of aliphatic carboxylic acids is 1. The first-order chi connectivity index (χ1) is 10.6. The number of carboxylic acid groups (broad SMARTS) is 1. The number of carboxylic acids is 1. The fraction of sp³-hybridized carbons (Fsp3) is 0.556. The Balaban J connectivity index is 1.91. The lowest BCUT2D eigenvalue weighted by Gasteiger charge is -2.25. The fourth-order valence-corrected chi connectivity index (χ4v) is 3.20. The summed E-state index contributed by atoms with van der Waals surface area (Å²) in [5.41, 5.74) is 0.936. The normalized spacial score (nSPS) is 16.4. The summed E-state index contributed by atoms with van der Waals surface area (Å²) in [6.07, 6.45) is 6.65. The molecule has 1 saturated carbocycles. The van der Waals surface area contributed by atoms with E-state index in [1.165, 1.54) is 30.6 Å². The van der Waals surface area contributed by atoms with Crippen LogP contribution in [0, 0.1) is 5.92 Å². The highest BCUT2D eigenvalue weighted by atomic mass is 16.4. The van der Waals surface area contributed by atoms with E-state index in [2.05, 4.69) is 0 Å². The molecule has 1 aromatic rings. The molecule has 4 heteroatoms. The molecule has 0 heterocycles. The van der Waals surface area contributed by atoms with Crippen molar-refractivity contribution in [3.63, 3.8) is 0 Å². The molecule has 1 aliphatic rings. The van der Waals surface area contributed by atoms with Crippen molar-refractivity contribution in [3.8, 4) is 0 Å². The van der Waals surface area contributed by atoms with E-state index in [1.807, 2.05) is 30.3 Å². The Kier molecular flexibility index (Phi) is 5.99. The summed E-state index contributed by atoms with van der Waals surface area (Å²) in [5, 5.41) is 9.44. The third-order valence-electron chi connectivity index (χ3n) is 4.66. The first-order valence-electron chi connectivity index (χ1n) is 8.10. The first-order valence-corrected chi connectivity index (χ1v) is 8.10. The second kappa shape index (κ2) is 7.97. The Bertz CT molecular complexity index is 494. The number of benzene rings is 1. The lowest BCUT2D eigenvalue weighted by molar-refractivity contribution is -0.149. The summed E-state index contributed by atoms with van der Waals surface area (Å²) in [6, 6.07) is 8.67. The maximum atomic E-state index is 12.3. The van der Waals surface area contributed by atoms with Crippen molar-refractivity contribution in [2.75, 3.05) is 7.05 Å². The number of hydrogen-bond acceptors (Lipinski definition) is 2. The molecule has 1 atom stereocenters. The SMILES string of the molecule is CN(C(=O)CCC1CCCC1)C(Cc1ccccc1)C(=O)O. The van der Waals surface area contributed by atoms with E-state index in [0.29, 0.717) is 18.8 Å². The molecule has 0 saturated heterocycles. The zero-order valence-electron chi connectivity index (χ0n) is 13.2. The van der Waals surface area contributed by atoms with E-state index in [-0.39, 0.29) is 5.91 Å². The molecule has 0 radical (unpaired) electrons. The van der Waals surface area contributed by atoms with Crippen LogP contribution in [0.3, 0.4) is 0 Å². The molecule has 1 fully saturated rings. The maximum Gasteiger partial charge on any atom is 0.326 e. The molecule has 120 valence electrons. The van der Waals surface area contributed by atoms with E-state index >= 15 is 0 Å². The van der Waals surface area contributed by atoms with Crippen LogP contribution in [0.25, 0.3) is 0 Å². The number of nitrogens with zero attached hydrogens (tertiary/aromatic N) is 1. The van der Waals surface area contributed by atoms with Gasteiger partial charge in [-0.25, -0.2) is 4.79 Å². The minimum absolute atomic E-state index is 0.0600. The zero-order valence-corrected chi connectivity index (χ0v) is 13.2. The summed E-state index contributed by atoms with van der Waals surface area (Å²) in [7, 11) is 1.61. The van der Waals surface area contributed by atoms with Crippen molar-refractivity contribution in [3.05, 3.63) is 35.9 Å². The third-order valence-corrected chi connectivity index (χ3v) is 4.66. The molecular weight excluding hydrogens is 278 g/mol. The van der Waals surface area contributed by atoms with Gasteiger partial charge in [-0.2, -0.15) is 0 Å². The van der Waals surface area contributed by atoms with Gasteiger partial charge in [-0.15, -0.1) is 0 Å². The molecule has 1 unspecified atom stereocenters. The summed E-state index contributed by atoms with van der Waals surface area (Å²) < 4.78 is 0. The average Bonchev–Trinajstić information content (AvgIpc) is 3.03. The minimum Gasteiger partial charge on any atom is -0.480 e. The van der Waals surface area contributed by atoms with Crippen molar-refractivity contribution >= 4 is 11.9 Å². The lowest BCUT2D eigenvalue weighted by Crippen LogP contribution is -2.43. The molecule has 0 bridgehead atoms. The second-order valence-corrected chi connectivity index (χ2v) is 6.24.